The van der Waals surface area contributed by atoms with Crippen molar-refractivity contribution in [3.8, 4) is 11.5 Å². The first-order chi connectivity index (χ1) is 13.9. The van der Waals surface area contributed by atoms with Crippen molar-refractivity contribution in [2.75, 3.05) is 0 Å². The average Bonchev–Trinajstić information content (AvgIpc) is 2.66. The molecule has 1 heterocycles. The van der Waals surface area contributed by atoms with Crippen molar-refractivity contribution in [1.82, 2.24) is 0 Å². The Morgan fingerprint density at radius 2 is 1.57 bits per heavy atom. The lowest BCUT2D eigenvalue weighted by Crippen LogP contribution is -2.33. The number of hydrogen-bond acceptors (Lipinski definition) is 6. The van der Waals surface area contributed by atoms with E-state index in [4.69, 9.17) is 8.60 Å². The minimum absolute atomic E-state index is 0.119. The van der Waals surface area contributed by atoms with Crippen LogP contribution in [-0.4, -0.2) is 21.0 Å². The van der Waals surface area contributed by atoms with Crippen molar-refractivity contribution in [3.05, 3.63) is 64.0 Å². The Kier molecular flexibility index (Phi) is 5.50. The van der Waals surface area contributed by atoms with Crippen LogP contribution in [0.5, 0.6) is 11.5 Å². The molecule has 0 N–H and O–H groups in total. The van der Waals surface area contributed by atoms with E-state index in [-0.39, 0.29) is 11.3 Å². The lowest BCUT2D eigenvalue weighted by Gasteiger charge is -2.16. The van der Waals surface area contributed by atoms with E-state index in [1.54, 1.807) is 13.8 Å². The molecular weight excluding hydrogens is 432 g/mol. The topological polar surface area (TPSA) is 82.8 Å². The fraction of sp³-hybridized carbons (Fsp3) is 0.211. The normalized spacial score (nSPS) is 12.4. The van der Waals surface area contributed by atoms with Crippen LogP contribution in [0, 0.1) is 13.8 Å². The zero-order valence-electron chi connectivity index (χ0n) is 15.5. The van der Waals surface area contributed by atoms with Crippen LogP contribution in [0.2, 0.25) is 0 Å². The van der Waals surface area contributed by atoms with Gasteiger partial charge in [0.05, 0.1) is 0 Å². The molecule has 0 aliphatic carbocycles. The standard InChI is InChI=1S/C19H14F4O6S/c1-10-11(2)17(24)27-16-9-13(5-8-15(10)16)29-30(25,26)14-6-3-12(4-7-14)28-19(22,23)18(20)21/h3-9,18H,1-2H3. The van der Waals surface area contributed by atoms with Gasteiger partial charge >= 0.3 is 28.3 Å². The summed E-state index contributed by atoms with van der Waals surface area (Å²) in [6.07, 6.45) is -8.77. The van der Waals surface area contributed by atoms with Crippen LogP contribution < -0.4 is 14.5 Å². The van der Waals surface area contributed by atoms with E-state index in [0.717, 1.165) is 24.3 Å². The predicted molar refractivity (Wildman–Crippen MR) is 97.8 cm³/mol. The van der Waals surface area contributed by atoms with Gasteiger partial charge < -0.3 is 13.3 Å². The molecule has 3 rings (SSSR count). The molecule has 30 heavy (non-hydrogen) atoms. The molecule has 0 aliphatic heterocycles. The second-order valence-electron chi connectivity index (χ2n) is 6.27. The summed E-state index contributed by atoms with van der Waals surface area (Å²) in [4.78, 5) is 11.4. The lowest BCUT2D eigenvalue weighted by molar-refractivity contribution is -0.253. The molecule has 1 aromatic heterocycles. The molecule has 0 radical (unpaired) electrons. The summed E-state index contributed by atoms with van der Waals surface area (Å²) < 4.78 is 89.0. The zero-order valence-corrected chi connectivity index (χ0v) is 16.3. The molecular formula is C19H14F4O6S. The Hall–Kier alpha value is -3.08. The number of hydrogen-bond donors (Lipinski definition) is 0. The number of benzene rings is 2. The SMILES string of the molecule is Cc1c(C)c2ccc(OS(=O)(=O)c3ccc(OC(F)(F)C(F)F)cc3)cc2oc1=O. The Balaban J connectivity index is 1.86. The quantitative estimate of drug-likeness (QED) is 0.317. The predicted octanol–water partition coefficient (Wildman–Crippen LogP) is 4.41. The third-order valence-electron chi connectivity index (χ3n) is 4.25. The van der Waals surface area contributed by atoms with Crippen molar-refractivity contribution in [3.63, 3.8) is 0 Å². The first kappa shape index (κ1) is 21.6. The minimum Gasteiger partial charge on any atom is -0.428 e. The number of alkyl halides is 4. The van der Waals surface area contributed by atoms with Gasteiger partial charge in [-0.15, -0.1) is 0 Å². The Morgan fingerprint density at radius 1 is 0.967 bits per heavy atom. The van der Waals surface area contributed by atoms with Gasteiger partial charge in [-0.2, -0.15) is 26.0 Å². The van der Waals surface area contributed by atoms with Crippen molar-refractivity contribution in [2.45, 2.75) is 31.3 Å². The zero-order chi connectivity index (χ0) is 22.3. The molecule has 0 atom stereocenters. The smallest absolute Gasteiger partial charge is 0.428 e. The number of ether oxygens (including phenoxy) is 1. The summed E-state index contributed by atoms with van der Waals surface area (Å²) in [5.74, 6) is -0.809. The highest BCUT2D eigenvalue weighted by Crippen LogP contribution is 2.29. The minimum atomic E-state index is -4.72. The maximum absolute atomic E-state index is 12.9. The summed E-state index contributed by atoms with van der Waals surface area (Å²) in [6, 6.07) is 7.40. The molecule has 0 saturated carbocycles. The summed E-state index contributed by atoms with van der Waals surface area (Å²) in [7, 11) is -4.40. The van der Waals surface area contributed by atoms with Gasteiger partial charge in [0.15, 0.2) is 0 Å². The first-order valence-corrected chi connectivity index (χ1v) is 9.75. The summed E-state index contributed by atoms with van der Waals surface area (Å²) in [6.45, 7) is 3.31. The molecule has 0 bridgehead atoms. The van der Waals surface area contributed by atoms with Crippen LogP contribution in [0.3, 0.4) is 0 Å². The number of aryl methyl sites for hydroxylation is 1. The van der Waals surface area contributed by atoms with E-state index in [1.807, 2.05) is 0 Å². The molecule has 0 saturated heterocycles. The third-order valence-corrected chi connectivity index (χ3v) is 5.52. The van der Waals surface area contributed by atoms with Crippen LogP contribution in [0.4, 0.5) is 17.6 Å². The van der Waals surface area contributed by atoms with E-state index in [2.05, 4.69) is 4.74 Å². The maximum Gasteiger partial charge on any atom is 0.461 e. The van der Waals surface area contributed by atoms with Crippen LogP contribution in [0.1, 0.15) is 11.1 Å². The van der Waals surface area contributed by atoms with Crippen LogP contribution in [0.15, 0.2) is 56.6 Å². The number of halogens is 4. The molecule has 0 fully saturated rings. The Morgan fingerprint density at radius 3 is 2.17 bits per heavy atom. The van der Waals surface area contributed by atoms with Crippen LogP contribution in [-0.2, 0) is 10.1 Å². The van der Waals surface area contributed by atoms with Crippen molar-refractivity contribution >= 4 is 21.1 Å². The van der Waals surface area contributed by atoms with Crippen molar-refractivity contribution < 1.29 is 39.3 Å². The van der Waals surface area contributed by atoms with Gasteiger partial charge in [0.25, 0.3) is 0 Å². The molecule has 0 unspecified atom stereocenters. The van der Waals surface area contributed by atoms with Gasteiger partial charge in [0, 0.05) is 17.0 Å². The molecule has 0 amide bonds. The molecule has 160 valence electrons. The van der Waals surface area contributed by atoms with Crippen LogP contribution >= 0.6 is 0 Å². The Labute approximate surface area is 167 Å². The van der Waals surface area contributed by atoms with Gasteiger partial charge in [0.1, 0.15) is 22.0 Å². The maximum atomic E-state index is 12.9. The Bertz CT molecular complexity index is 1250. The molecule has 6 nitrogen and oxygen atoms in total. The van der Waals surface area contributed by atoms with Gasteiger partial charge in [-0.25, -0.2) is 4.79 Å². The molecule has 0 spiro atoms. The third kappa shape index (κ3) is 4.25. The van der Waals surface area contributed by atoms with Gasteiger partial charge in [-0.05, 0) is 55.8 Å². The highest BCUT2D eigenvalue weighted by Gasteiger charge is 2.44. The van der Waals surface area contributed by atoms with E-state index in [0.29, 0.717) is 16.5 Å². The second-order valence-corrected chi connectivity index (χ2v) is 7.82. The fourth-order valence-corrected chi connectivity index (χ4v) is 3.45. The highest BCUT2D eigenvalue weighted by atomic mass is 32.2. The lowest BCUT2D eigenvalue weighted by atomic mass is 10.1. The van der Waals surface area contributed by atoms with Crippen LogP contribution in [0.25, 0.3) is 11.0 Å². The molecule has 2 aromatic carbocycles. The van der Waals surface area contributed by atoms with E-state index in [1.165, 1.54) is 18.2 Å². The molecule has 3 aromatic rings. The van der Waals surface area contributed by atoms with Crippen molar-refractivity contribution in [1.29, 1.82) is 0 Å². The van der Waals surface area contributed by atoms with Gasteiger partial charge in [-0.1, -0.05) is 0 Å². The van der Waals surface area contributed by atoms with Gasteiger partial charge in [-0.3, -0.25) is 0 Å². The number of fused-ring (bicyclic) bond motifs is 1. The van der Waals surface area contributed by atoms with Gasteiger partial charge in [0.2, 0.25) is 0 Å². The second kappa shape index (κ2) is 7.63. The van der Waals surface area contributed by atoms with E-state index >= 15 is 0 Å². The molecule has 0 aliphatic rings. The first-order valence-electron chi connectivity index (χ1n) is 8.34. The summed E-state index contributed by atoms with van der Waals surface area (Å²) >= 11 is 0. The largest absolute Gasteiger partial charge is 0.461 e. The highest BCUT2D eigenvalue weighted by molar-refractivity contribution is 7.87. The average molecular weight is 446 g/mol. The van der Waals surface area contributed by atoms with E-state index < -0.39 is 38.9 Å². The number of rotatable bonds is 6. The summed E-state index contributed by atoms with van der Waals surface area (Å²) in [5, 5.41) is 0.596. The van der Waals surface area contributed by atoms with E-state index in [9.17, 15) is 30.8 Å². The summed E-state index contributed by atoms with van der Waals surface area (Å²) in [5.41, 5.74) is 0.639. The van der Waals surface area contributed by atoms with Crippen molar-refractivity contribution in [2.24, 2.45) is 0 Å². The monoisotopic (exact) mass is 446 g/mol. The fourth-order valence-electron chi connectivity index (χ4n) is 2.53. The molecule has 11 heteroatoms.